The second-order valence-corrected chi connectivity index (χ2v) is 7.42. The van der Waals surface area contributed by atoms with E-state index in [9.17, 15) is 19.7 Å². The molecule has 1 aromatic heterocycles. The minimum atomic E-state index is -0.834. The number of hydrogen-bond donors (Lipinski definition) is 3. The molecule has 5 nitrogen and oxygen atoms in total. The molecule has 6 heteroatoms. The van der Waals surface area contributed by atoms with Crippen LogP contribution in [0.5, 0.6) is 11.5 Å². The van der Waals surface area contributed by atoms with E-state index in [1.165, 1.54) is 12.1 Å². The quantitative estimate of drug-likeness (QED) is 0.400. The molecule has 3 N–H and O–H groups in total. The van der Waals surface area contributed by atoms with Gasteiger partial charge in [-0.25, -0.2) is 4.39 Å². The lowest BCUT2D eigenvalue weighted by Gasteiger charge is -2.09. The SMILES string of the molecule is OCCn1cc(CC(O)CO)c2cc(-c3ccc(Oc4ccc(F)cc4)cc3)ccc21. The first-order valence-corrected chi connectivity index (χ1v) is 10.1. The minimum absolute atomic E-state index is 0.0169. The maximum atomic E-state index is 13.0. The Balaban J connectivity index is 1.62. The van der Waals surface area contributed by atoms with Crippen LogP contribution in [-0.4, -0.2) is 39.2 Å². The normalized spacial score (nSPS) is 12.3. The van der Waals surface area contributed by atoms with E-state index in [1.54, 1.807) is 12.1 Å². The second-order valence-electron chi connectivity index (χ2n) is 7.42. The van der Waals surface area contributed by atoms with E-state index >= 15 is 0 Å². The molecule has 0 aliphatic heterocycles. The van der Waals surface area contributed by atoms with Crippen molar-refractivity contribution in [2.75, 3.05) is 13.2 Å². The van der Waals surface area contributed by atoms with Gasteiger partial charge < -0.3 is 24.6 Å². The van der Waals surface area contributed by atoms with Gasteiger partial charge in [0, 0.05) is 30.1 Å². The van der Waals surface area contributed by atoms with Gasteiger partial charge in [0.15, 0.2) is 0 Å². The molecule has 4 aromatic rings. The molecular weight excluding hydrogens is 397 g/mol. The zero-order valence-corrected chi connectivity index (χ0v) is 16.9. The lowest BCUT2D eigenvalue weighted by Crippen LogP contribution is -2.14. The van der Waals surface area contributed by atoms with Gasteiger partial charge in [-0.05, 0) is 65.2 Å². The highest BCUT2D eigenvalue weighted by atomic mass is 19.1. The summed E-state index contributed by atoms with van der Waals surface area (Å²) in [7, 11) is 0. The van der Waals surface area contributed by atoms with Crippen LogP contribution >= 0.6 is 0 Å². The van der Waals surface area contributed by atoms with Gasteiger partial charge >= 0.3 is 0 Å². The Morgan fingerprint density at radius 1 is 0.871 bits per heavy atom. The maximum Gasteiger partial charge on any atom is 0.127 e. The standard InChI is InChI=1S/C25H24FNO4/c26-20-4-8-23(9-5-20)31-22-6-1-17(2-7-22)18-3-10-25-24(14-18)19(13-21(30)16-29)15-27(25)11-12-28/h1-10,14-15,21,28-30H,11-13,16H2. The first-order valence-electron chi connectivity index (χ1n) is 10.1. The van der Waals surface area contributed by atoms with Gasteiger partial charge in [0.25, 0.3) is 0 Å². The number of benzene rings is 3. The van der Waals surface area contributed by atoms with E-state index in [0.29, 0.717) is 24.5 Å². The molecule has 3 aromatic carbocycles. The Bertz CT molecular complexity index is 1150. The second kappa shape index (κ2) is 9.31. The topological polar surface area (TPSA) is 74.9 Å². The number of ether oxygens (including phenoxy) is 1. The van der Waals surface area contributed by atoms with Gasteiger partial charge in [-0.3, -0.25) is 0 Å². The summed E-state index contributed by atoms with van der Waals surface area (Å²) in [6.07, 6.45) is 1.42. The molecule has 1 heterocycles. The molecule has 0 radical (unpaired) electrons. The first kappa shape index (κ1) is 21.1. The van der Waals surface area contributed by atoms with Gasteiger partial charge in [0.05, 0.1) is 19.3 Å². The lowest BCUT2D eigenvalue weighted by atomic mass is 10.0. The zero-order chi connectivity index (χ0) is 21.8. The van der Waals surface area contributed by atoms with Crippen LogP contribution in [0.1, 0.15) is 5.56 Å². The maximum absolute atomic E-state index is 13.0. The van der Waals surface area contributed by atoms with Crippen LogP contribution in [0.4, 0.5) is 4.39 Å². The van der Waals surface area contributed by atoms with Crippen LogP contribution < -0.4 is 4.74 Å². The Morgan fingerprint density at radius 3 is 2.16 bits per heavy atom. The number of hydrogen-bond acceptors (Lipinski definition) is 4. The van der Waals surface area contributed by atoms with Crippen molar-refractivity contribution in [1.29, 1.82) is 0 Å². The van der Waals surface area contributed by atoms with Crippen molar-refractivity contribution in [3.8, 4) is 22.6 Å². The number of rotatable bonds is 8. The Labute approximate surface area is 179 Å². The average molecular weight is 421 g/mol. The molecule has 0 amide bonds. The van der Waals surface area contributed by atoms with Crippen molar-refractivity contribution in [2.45, 2.75) is 19.1 Å². The smallest absolute Gasteiger partial charge is 0.127 e. The molecule has 0 aliphatic carbocycles. The van der Waals surface area contributed by atoms with Gasteiger partial charge in [0.2, 0.25) is 0 Å². The molecule has 160 valence electrons. The van der Waals surface area contributed by atoms with Crippen molar-refractivity contribution < 1.29 is 24.4 Å². The molecule has 1 atom stereocenters. The molecular formula is C25H24FNO4. The van der Waals surface area contributed by atoms with Gasteiger partial charge in [-0.1, -0.05) is 18.2 Å². The third-order valence-electron chi connectivity index (χ3n) is 5.21. The molecule has 0 saturated heterocycles. The highest BCUT2D eigenvalue weighted by Gasteiger charge is 2.13. The molecule has 0 aliphatic rings. The predicted octanol–water partition coefficient (Wildman–Crippen LogP) is 4.13. The number of aliphatic hydroxyl groups excluding tert-OH is 3. The van der Waals surface area contributed by atoms with Crippen molar-refractivity contribution in [3.05, 3.63) is 84.3 Å². The van der Waals surface area contributed by atoms with E-state index in [0.717, 1.165) is 27.6 Å². The Kier molecular flexibility index (Phi) is 6.32. The fraction of sp³-hybridized carbons (Fsp3) is 0.200. The van der Waals surface area contributed by atoms with Crippen LogP contribution in [0.25, 0.3) is 22.0 Å². The summed E-state index contributed by atoms with van der Waals surface area (Å²) in [4.78, 5) is 0. The number of halogens is 1. The van der Waals surface area contributed by atoms with Crippen LogP contribution in [0.3, 0.4) is 0 Å². The van der Waals surface area contributed by atoms with Crippen molar-refractivity contribution in [1.82, 2.24) is 4.57 Å². The Morgan fingerprint density at radius 2 is 1.52 bits per heavy atom. The summed E-state index contributed by atoms with van der Waals surface area (Å²) in [5, 5.41) is 29.5. The van der Waals surface area contributed by atoms with Crippen molar-refractivity contribution >= 4 is 10.9 Å². The number of nitrogens with zero attached hydrogens (tertiary/aromatic N) is 1. The monoisotopic (exact) mass is 421 g/mol. The molecule has 1 unspecified atom stereocenters. The summed E-state index contributed by atoms with van der Waals surface area (Å²) >= 11 is 0. The van der Waals surface area contributed by atoms with Crippen LogP contribution in [0, 0.1) is 5.82 Å². The molecule has 31 heavy (non-hydrogen) atoms. The van der Waals surface area contributed by atoms with Gasteiger partial charge in [-0.2, -0.15) is 0 Å². The number of aliphatic hydroxyl groups is 3. The lowest BCUT2D eigenvalue weighted by molar-refractivity contribution is 0.0957. The highest BCUT2D eigenvalue weighted by Crippen LogP contribution is 2.31. The summed E-state index contributed by atoms with van der Waals surface area (Å²) in [6, 6.07) is 19.6. The zero-order valence-electron chi connectivity index (χ0n) is 16.9. The fourth-order valence-corrected chi connectivity index (χ4v) is 3.68. The van der Waals surface area contributed by atoms with Gasteiger partial charge in [-0.15, -0.1) is 0 Å². The molecule has 0 saturated carbocycles. The fourth-order valence-electron chi connectivity index (χ4n) is 3.68. The Hall–Kier alpha value is -3.19. The van der Waals surface area contributed by atoms with E-state index in [-0.39, 0.29) is 19.0 Å². The molecule has 0 bridgehead atoms. The number of fused-ring (bicyclic) bond motifs is 1. The van der Waals surface area contributed by atoms with Crippen molar-refractivity contribution in [2.24, 2.45) is 0 Å². The largest absolute Gasteiger partial charge is 0.457 e. The van der Waals surface area contributed by atoms with E-state index in [2.05, 4.69) is 6.07 Å². The van der Waals surface area contributed by atoms with Crippen molar-refractivity contribution in [3.63, 3.8) is 0 Å². The molecule has 0 fully saturated rings. The third kappa shape index (κ3) is 4.77. The number of aromatic nitrogens is 1. The summed E-state index contributed by atoms with van der Waals surface area (Å²) in [5.41, 5.74) is 3.89. The van der Waals surface area contributed by atoms with Crippen LogP contribution in [-0.2, 0) is 13.0 Å². The summed E-state index contributed by atoms with van der Waals surface area (Å²) < 4.78 is 20.8. The summed E-state index contributed by atoms with van der Waals surface area (Å²) in [5.74, 6) is 0.905. The average Bonchev–Trinajstić information content (AvgIpc) is 3.12. The highest BCUT2D eigenvalue weighted by molar-refractivity contribution is 5.88. The molecule has 4 rings (SSSR count). The van der Waals surface area contributed by atoms with Gasteiger partial charge in [0.1, 0.15) is 17.3 Å². The predicted molar refractivity (Wildman–Crippen MR) is 118 cm³/mol. The minimum Gasteiger partial charge on any atom is -0.457 e. The van der Waals surface area contributed by atoms with Crippen LogP contribution in [0.2, 0.25) is 0 Å². The van der Waals surface area contributed by atoms with E-state index in [1.807, 2.05) is 47.2 Å². The van der Waals surface area contributed by atoms with Crippen LogP contribution in [0.15, 0.2) is 72.9 Å². The summed E-state index contributed by atoms with van der Waals surface area (Å²) in [6.45, 7) is 0.172. The molecule has 0 spiro atoms. The third-order valence-corrected chi connectivity index (χ3v) is 5.21. The van der Waals surface area contributed by atoms with E-state index in [4.69, 9.17) is 4.74 Å². The first-order chi connectivity index (χ1) is 15.1. The van der Waals surface area contributed by atoms with E-state index < -0.39 is 6.10 Å².